The molecule has 0 bridgehead atoms. The molecule has 0 saturated carbocycles. The second kappa shape index (κ2) is 8.19. The highest BCUT2D eigenvalue weighted by molar-refractivity contribution is 7.15. The maximum Gasteiger partial charge on any atom is 0.272 e. The number of likely N-dealkylation sites (tertiary alicyclic amines) is 1. The lowest BCUT2D eigenvalue weighted by atomic mass is 9.95. The molecule has 160 valence electrons. The van der Waals surface area contributed by atoms with Gasteiger partial charge in [-0.15, -0.1) is 11.3 Å². The Morgan fingerprint density at radius 3 is 2.97 bits per heavy atom. The SMILES string of the molecule is CCc1ccccc1Nc1nc(C2CCCN(C(=O)c3ccnn3C)C2)c2sccn12. The molecule has 1 aliphatic heterocycles. The maximum absolute atomic E-state index is 13.0. The number of para-hydroxylation sites is 1. The summed E-state index contributed by atoms with van der Waals surface area (Å²) in [4.78, 5) is 21.1. The summed E-state index contributed by atoms with van der Waals surface area (Å²) >= 11 is 1.70. The number of carbonyl (C=O) groups excluding carboxylic acids is 1. The molecule has 0 aliphatic carbocycles. The van der Waals surface area contributed by atoms with Crippen LogP contribution in [0.15, 0.2) is 48.1 Å². The van der Waals surface area contributed by atoms with Crippen LogP contribution < -0.4 is 5.32 Å². The zero-order chi connectivity index (χ0) is 21.4. The largest absolute Gasteiger partial charge is 0.337 e. The molecule has 1 amide bonds. The van der Waals surface area contributed by atoms with E-state index in [0.717, 1.165) is 48.0 Å². The van der Waals surface area contributed by atoms with Crippen molar-refractivity contribution in [3.63, 3.8) is 0 Å². The molecule has 1 unspecified atom stereocenters. The molecule has 1 saturated heterocycles. The number of fused-ring (bicyclic) bond motifs is 1. The number of thiazole rings is 1. The quantitative estimate of drug-likeness (QED) is 0.504. The third-order valence-electron chi connectivity index (χ3n) is 6.06. The van der Waals surface area contributed by atoms with Gasteiger partial charge in [-0.25, -0.2) is 4.98 Å². The van der Waals surface area contributed by atoms with Gasteiger partial charge in [-0.3, -0.25) is 13.9 Å². The van der Waals surface area contributed by atoms with Crippen LogP contribution in [0.1, 0.15) is 47.4 Å². The fourth-order valence-electron chi connectivity index (χ4n) is 4.40. The lowest BCUT2D eigenvalue weighted by Gasteiger charge is -2.32. The lowest BCUT2D eigenvalue weighted by Crippen LogP contribution is -2.40. The van der Waals surface area contributed by atoms with Gasteiger partial charge in [0.05, 0.1) is 5.69 Å². The molecule has 1 aliphatic rings. The maximum atomic E-state index is 13.0. The number of nitrogens with zero attached hydrogens (tertiary/aromatic N) is 5. The minimum atomic E-state index is 0.0431. The summed E-state index contributed by atoms with van der Waals surface area (Å²) in [5, 5.41) is 9.79. The average Bonchev–Trinajstić information content (AvgIpc) is 3.52. The molecule has 4 aromatic rings. The number of anilines is 2. The van der Waals surface area contributed by atoms with Crippen LogP contribution in [0.3, 0.4) is 0 Å². The lowest BCUT2D eigenvalue weighted by molar-refractivity contribution is 0.0695. The van der Waals surface area contributed by atoms with Crippen molar-refractivity contribution in [3.05, 3.63) is 65.1 Å². The fraction of sp³-hybridized carbons (Fsp3) is 0.348. The van der Waals surface area contributed by atoms with Crippen LogP contribution in [0.2, 0.25) is 0 Å². The number of nitrogens with one attached hydrogen (secondary N) is 1. The summed E-state index contributed by atoms with van der Waals surface area (Å²) in [6, 6.07) is 10.1. The Kier molecular flexibility index (Phi) is 5.23. The Balaban J connectivity index is 1.43. The molecule has 0 radical (unpaired) electrons. The van der Waals surface area contributed by atoms with Gasteiger partial charge in [-0.1, -0.05) is 25.1 Å². The first kappa shape index (κ1) is 19.8. The van der Waals surface area contributed by atoms with Crippen molar-refractivity contribution < 1.29 is 4.79 Å². The number of amides is 1. The summed E-state index contributed by atoms with van der Waals surface area (Å²) < 4.78 is 3.78. The first-order chi connectivity index (χ1) is 15.2. The Bertz CT molecular complexity index is 1220. The highest BCUT2D eigenvalue weighted by Crippen LogP contribution is 2.34. The second-order valence-electron chi connectivity index (χ2n) is 7.96. The number of hydrogen-bond donors (Lipinski definition) is 1. The highest BCUT2D eigenvalue weighted by Gasteiger charge is 2.30. The molecule has 1 atom stereocenters. The number of aromatic nitrogens is 4. The van der Waals surface area contributed by atoms with E-state index in [2.05, 4.69) is 51.5 Å². The van der Waals surface area contributed by atoms with Gasteiger partial charge in [-0.05, 0) is 37.0 Å². The van der Waals surface area contributed by atoms with Crippen LogP contribution in [0.4, 0.5) is 11.6 Å². The molecule has 4 heterocycles. The van der Waals surface area contributed by atoms with Gasteiger partial charge in [0.2, 0.25) is 5.95 Å². The van der Waals surface area contributed by atoms with E-state index in [1.165, 1.54) is 5.56 Å². The van der Waals surface area contributed by atoms with Crippen molar-refractivity contribution in [2.45, 2.75) is 32.1 Å². The topological polar surface area (TPSA) is 67.5 Å². The Labute approximate surface area is 185 Å². The summed E-state index contributed by atoms with van der Waals surface area (Å²) in [5.41, 5.74) is 4.06. The summed E-state index contributed by atoms with van der Waals surface area (Å²) in [6.45, 7) is 3.62. The first-order valence-electron chi connectivity index (χ1n) is 10.7. The van der Waals surface area contributed by atoms with E-state index in [4.69, 9.17) is 4.98 Å². The van der Waals surface area contributed by atoms with Crippen LogP contribution >= 0.6 is 11.3 Å². The van der Waals surface area contributed by atoms with Gasteiger partial charge < -0.3 is 10.2 Å². The average molecular weight is 435 g/mol. The molecular weight excluding hydrogens is 408 g/mol. The van der Waals surface area contributed by atoms with Crippen molar-refractivity contribution in [3.8, 4) is 0 Å². The highest BCUT2D eigenvalue weighted by atomic mass is 32.1. The number of piperidine rings is 1. The van der Waals surface area contributed by atoms with E-state index in [1.807, 2.05) is 18.0 Å². The molecular formula is C23H26N6OS. The van der Waals surface area contributed by atoms with Gasteiger partial charge >= 0.3 is 0 Å². The van der Waals surface area contributed by atoms with Crippen molar-refractivity contribution in [1.82, 2.24) is 24.1 Å². The minimum Gasteiger partial charge on any atom is -0.337 e. The Hall–Kier alpha value is -3.13. The van der Waals surface area contributed by atoms with Crippen molar-refractivity contribution in [2.24, 2.45) is 7.05 Å². The van der Waals surface area contributed by atoms with Gasteiger partial charge in [0.1, 0.15) is 10.5 Å². The molecule has 1 aromatic carbocycles. The van der Waals surface area contributed by atoms with Crippen molar-refractivity contribution in [2.75, 3.05) is 18.4 Å². The zero-order valence-electron chi connectivity index (χ0n) is 17.8. The third-order valence-corrected chi connectivity index (χ3v) is 6.95. The van der Waals surface area contributed by atoms with E-state index in [9.17, 15) is 4.79 Å². The van der Waals surface area contributed by atoms with E-state index in [-0.39, 0.29) is 11.8 Å². The molecule has 1 N–H and O–H groups in total. The number of carbonyl (C=O) groups is 1. The zero-order valence-corrected chi connectivity index (χ0v) is 18.6. The van der Waals surface area contributed by atoms with Gasteiger partial charge in [0, 0.05) is 49.5 Å². The van der Waals surface area contributed by atoms with Crippen molar-refractivity contribution >= 4 is 33.7 Å². The Morgan fingerprint density at radius 2 is 2.16 bits per heavy atom. The smallest absolute Gasteiger partial charge is 0.272 e. The van der Waals surface area contributed by atoms with Crippen LogP contribution in [-0.2, 0) is 13.5 Å². The first-order valence-corrected chi connectivity index (χ1v) is 11.6. The van der Waals surface area contributed by atoms with E-state index < -0.39 is 0 Å². The molecule has 3 aromatic heterocycles. The molecule has 1 fully saturated rings. The van der Waals surface area contributed by atoms with Crippen molar-refractivity contribution in [1.29, 1.82) is 0 Å². The molecule has 0 spiro atoms. The van der Waals surface area contributed by atoms with Gasteiger partial charge in [0.25, 0.3) is 5.91 Å². The van der Waals surface area contributed by atoms with Gasteiger partial charge in [-0.2, -0.15) is 5.10 Å². The van der Waals surface area contributed by atoms with E-state index >= 15 is 0 Å². The number of aryl methyl sites for hydroxylation is 2. The summed E-state index contributed by atoms with van der Waals surface area (Å²) in [7, 11) is 1.81. The van der Waals surface area contributed by atoms with Crippen LogP contribution in [0, 0.1) is 0 Å². The predicted octanol–water partition coefficient (Wildman–Crippen LogP) is 4.46. The van der Waals surface area contributed by atoms with Crippen LogP contribution in [0.25, 0.3) is 4.83 Å². The number of imidazole rings is 1. The normalized spacial score (nSPS) is 16.7. The van der Waals surface area contributed by atoms with Crippen LogP contribution in [-0.4, -0.2) is 43.1 Å². The molecule has 5 rings (SSSR count). The minimum absolute atomic E-state index is 0.0431. The van der Waals surface area contributed by atoms with E-state index in [0.29, 0.717) is 12.2 Å². The van der Waals surface area contributed by atoms with Crippen LogP contribution in [0.5, 0.6) is 0 Å². The monoisotopic (exact) mass is 434 g/mol. The number of hydrogen-bond acceptors (Lipinski definition) is 5. The standard InChI is InChI=1S/C23H26N6OS/c1-3-16-7-4-5-9-18(16)25-23-26-20(22-29(23)13-14-31-22)17-8-6-12-28(15-17)21(30)19-10-11-24-27(19)2/h4-5,7,9-11,13-14,17H,3,6,8,12,15H2,1-2H3,(H,25,26). The number of benzene rings is 1. The number of rotatable bonds is 5. The van der Waals surface area contributed by atoms with E-state index in [1.54, 1.807) is 28.3 Å². The molecule has 31 heavy (non-hydrogen) atoms. The Morgan fingerprint density at radius 1 is 1.29 bits per heavy atom. The fourth-order valence-corrected chi connectivity index (χ4v) is 5.31. The predicted molar refractivity (Wildman–Crippen MR) is 123 cm³/mol. The summed E-state index contributed by atoms with van der Waals surface area (Å²) in [5.74, 6) is 1.10. The third kappa shape index (κ3) is 3.61. The summed E-state index contributed by atoms with van der Waals surface area (Å²) in [6.07, 6.45) is 6.70. The molecule has 8 heteroatoms. The van der Waals surface area contributed by atoms with Gasteiger partial charge in [0.15, 0.2) is 0 Å². The molecule has 7 nitrogen and oxygen atoms in total. The second-order valence-corrected chi connectivity index (χ2v) is 8.86.